The van der Waals surface area contributed by atoms with Crippen molar-refractivity contribution in [2.75, 3.05) is 19.7 Å². The van der Waals surface area contributed by atoms with E-state index in [9.17, 15) is 14.4 Å². The first-order valence-corrected chi connectivity index (χ1v) is 11.9. The van der Waals surface area contributed by atoms with E-state index in [1.807, 2.05) is 38.1 Å². The number of carbonyl (C=O) groups is 3. The molecule has 1 saturated carbocycles. The van der Waals surface area contributed by atoms with Crippen LogP contribution in [0, 0.1) is 5.92 Å². The van der Waals surface area contributed by atoms with Gasteiger partial charge in [-0.15, -0.1) is 0 Å². The molecule has 1 atom stereocenters. The quantitative estimate of drug-likeness (QED) is 0.543. The first-order valence-electron chi connectivity index (χ1n) is 11.9. The molecule has 180 valence electrons. The number of nitrogens with one attached hydrogen (secondary N) is 1. The Morgan fingerprint density at radius 2 is 1.65 bits per heavy atom. The van der Waals surface area contributed by atoms with Crippen LogP contribution in [0.3, 0.4) is 0 Å². The lowest BCUT2D eigenvalue weighted by atomic mass is 9.91. The lowest BCUT2D eigenvalue weighted by Crippen LogP contribution is -2.52. The SMILES string of the molecule is CCCN(CC(=O)O)C(=O)CC(C)(NC(=O)OCC1c2ccccc2-c2ccccc21)C1CC1. The third-order valence-corrected chi connectivity index (χ3v) is 6.90. The lowest BCUT2D eigenvalue weighted by Gasteiger charge is -2.32. The van der Waals surface area contributed by atoms with Gasteiger partial charge in [-0.05, 0) is 54.4 Å². The second-order valence-corrected chi connectivity index (χ2v) is 9.53. The van der Waals surface area contributed by atoms with Crippen LogP contribution in [0.4, 0.5) is 4.79 Å². The van der Waals surface area contributed by atoms with Gasteiger partial charge in [0.25, 0.3) is 0 Å². The van der Waals surface area contributed by atoms with E-state index in [0.717, 1.165) is 35.1 Å². The highest BCUT2D eigenvalue weighted by Gasteiger charge is 2.45. The Bertz CT molecular complexity index is 1030. The molecule has 2 N–H and O–H groups in total. The maximum atomic E-state index is 12.9. The molecule has 0 aliphatic heterocycles. The molecule has 0 bridgehead atoms. The van der Waals surface area contributed by atoms with Crippen molar-refractivity contribution in [1.29, 1.82) is 0 Å². The van der Waals surface area contributed by atoms with Crippen molar-refractivity contribution in [3.05, 3.63) is 59.7 Å². The molecule has 34 heavy (non-hydrogen) atoms. The van der Waals surface area contributed by atoms with Crippen LogP contribution in [0.1, 0.15) is 56.6 Å². The van der Waals surface area contributed by atoms with Gasteiger partial charge in [0.2, 0.25) is 5.91 Å². The summed E-state index contributed by atoms with van der Waals surface area (Å²) < 4.78 is 5.70. The number of hydrogen-bond donors (Lipinski definition) is 2. The van der Waals surface area contributed by atoms with Crippen molar-refractivity contribution < 1.29 is 24.2 Å². The van der Waals surface area contributed by atoms with Crippen LogP contribution in [0.5, 0.6) is 0 Å². The Labute approximate surface area is 200 Å². The molecule has 2 aromatic rings. The van der Waals surface area contributed by atoms with E-state index in [0.29, 0.717) is 13.0 Å². The van der Waals surface area contributed by atoms with Crippen molar-refractivity contribution in [3.8, 4) is 11.1 Å². The fraction of sp³-hybridized carbons (Fsp3) is 0.444. The molecular formula is C27H32N2O5. The summed E-state index contributed by atoms with van der Waals surface area (Å²) in [7, 11) is 0. The Morgan fingerprint density at radius 3 is 2.18 bits per heavy atom. The van der Waals surface area contributed by atoms with Gasteiger partial charge in [-0.1, -0.05) is 55.5 Å². The molecule has 0 heterocycles. The predicted molar refractivity (Wildman–Crippen MR) is 128 cm³/mol. The molecule has 0 aromatic heterocycles. The monoisotopic (exact) mass is 464 g/mol. The molecule has 1 fully saturated rings. The Hall–Kier alpha value is -3.35. The summed E-state index contributed by atoms with van der Waals surface area (Å²) in [6.45, 7) is 4.00. The van der Waals surface area contributed by atoms with Gasteiger partial charge in [-0.2, -0.15) is 0 Å². The topological polar surface area (TPSA) is 95.9 Å². The molecule has 0 saturated heterocycles. The smallest absolute Gasteiger partial charge is 0.407 e. The van der Waals surface area contributed by atoms with Gasteiger partial charge in [-0.3, -0.25) is 9.59 Å². The number of benzene rings is 2. The maximum Gasteiger partial charge on any atom is 0.407 e. The Balaban J connectivity index is 1.42. The summed E-state index contributed by atoms with van der Waals surface area (Å²) in [4.78, 5) is 38.3. The average molecular weight is 465 g/mol. The number of ether oxygens (including phenoxy) is 1. The van der Waals surface area contributed by atoms with E-state index in [-0.39, 0.29) is 37.3 Å². The molecule has 2 aliphatic carbocycles. The minimum Gasteiger partial charge on any atom is -0.480 e. The number of hydrogen-bond acceptors (Lipinski definition) is 4. The van der Waals surface area contributed by atoms with E-state index in [2.05, 4.69) is 29.6 Å². The molecule has 0 radical (unpaired) electrons. The molecule has 7 nitrogen and oxygen atoms in total. The molecule has 4 rings (SSSR count). The van der Waals surface area contributed by atoms with Crippen LogP contribution in [-0.2, 0) is 14.3 Å². The number of fused-ring (bicyclic) bond motifs is 3. The summed E-state index contributed by atoms with van der Waals surface area (Å²) in [6, 6.07) is 16.3. The van der Waals surface area contributed by atoms with Gasteiger partial charge in [0.15, 0.2) is 0 Å². The highest BCUT2D eigenvalue weighted by atomic mass is 16.5. The zero-order valence-electron chi connectivity index (χ0n) is 19.8. The van der Waals surface area contributed by atoms with Crippen molar-refractivity contribution in [2.24, 2.45) is 5.92 Å². The number of carboxylic acid groups (broad SMARTS) is 1. The third-order valence-electron chi connectivity index (χ3n) is 6.90. The fourth-order valence-corrected chi connectivity index (χ4v) is 5.03. The minimum absolute atomic E-state index is 0.0393. The zero-order chi connectivity index (χ0) is 24.3. The summed E-state index contributed by atoms with van der Waals surface area (Å²) in [5.74, 6) is -1.18. The van der Waals surface area contributed by atoms with Crippen LogP contribution in [0.15, 0.2) is 48.5 Å². The number of carbonyl (C=O) groups excluding carboxylic acids is 2. The standard InChI is InChI=1S/C27H32N2O5/c1-3-14-29(16-25(31)32)24(30)15-27(2,18-12-13-18)28-26(33)34-17-23-21-10-6-4-8-19(21)20-9-5-7-11-22(20)23/h4-11,18,23H,3,12-17H2,1-2H3,(H,28,33)(H,31,32). The van der Waals surface area contributed by atoms with E-state index >= 15 is 0 Å². The average Bonchev–Trinajstić information content (AvgIpc) is 3.61. The van der Waals surface area contributed by atoms with Crippen molar-refractivity contribution in [2.45, 2.75) is 51.0 Å². The van der Waals surface area contributed by atoms with Gasteiger partial charge >= 0.3 is 12.1 Å². The van der Waals surface area contributed by atoms with Gasteiger partial charge in [0.05, 0.1) is 12.0 Å². The molecule has 7 heteroatoms. The number of alkyl carbamates (subject to hydrolysis) is 1. The van der Waals surface area contributed by atoms with Gasteiger partial charge in [0, 0.05) is 12.5 Å². The number of nitrogens with zero attached hydrogens (tertiary/aromatic N) is 1. The largest absolute Gasteiger partial charge is 0.480 e. The lowest BCUT2D eigenvalue weighted by molar-refractivity contribution is -0.145. The molecule has 2 aliphatic rings. The summed E-state index contributed by atoms with van der Waals surface area (Å²) >= 11 is 0. The second kappa shape index (κ2) is 9.87. The van der Waals surface area contributed by atoms with Gasteiger partial charge < -0.3 is 20.1 Å². The van der Waals surface area contributed by atoms with Crippen molar-refractivity contribution >= 4 is 18.0 Å². The van der Waals surface area contributed by atoms with Crippen LogP contribution >= 0.6 is 0 Å². The second-order valence-electron chi connectivity index (χ2n) is 9.53. The van der Waals surface area contributed by atoms with Crippen LogP contribution in [0.2, 0.25) is 0 Å². The van der Waals surface area contributed by atoms with Crippen LogP contribution < -0.4 is 5.32 Å². The van der Waals surface area contributed by atoms with Crippen LogP contribution in [-0.4, -0.2) is 53.2 Å². The number of carboxylic acids is 1. The summed E-state index contributed by atoms with van der Waals surface area (Å²) in [5.41, 5.74) is 3.83. The first-order chi connectivity index (χ1) is 16.3. The van der Waals surface area contributed by atoms with Gasteiger partial charge in [-0.25, -0.2) is 4.79 Å². The van der Waals surface area contributed by atoms with E-state index < -0.39 is 17.6 Å². The Morgan fingerprint density at radius 1 is 1.06 bits per heavy atom. The van der Waals surface area contributed by atoms with Crippen LogP contribution in [0.25, 0.3) is 11.1 Å². The molecule has 0 spiro atoms. The van der Waals surface area contributed by atoms with Crippen molar-refractivity contribution in [1.82, 2.24) is 10.2 Å². The fourth-order valence-electron chi connectivity index (χ4n) is 5.03. The van der Waals surface area contributed by atoms with E-state index in [1.54, 1.807) is 0 Å². The highest BCUT2D eigenvalue weighted by Crippen LogP contribution is 2.45. The number of aliphatic carboxylic acids is 1. The Kier molecular flexibility index (Phi) is 6.91. The maximum absolute atomic E-state index is 12.9. The van der Waals surface area contributed by atoms with Crippen molar-refractivity contribution in [3.63, 3.8) is 0 Å². The highest BCUT2D eigenvalue weighted by molar-refractivity contribution is 5.83. The molecule has 2 aromatic carbocycles. The number of amides is 2. The zero-order valence-corrected chi connectivity index (χ0v) is 19.8. The summed E-state index contributed by atoms with van der Waals surface area (Å²) in [6.07, 6.45) is 2.00. The minimum atomic E-state index is -1.04. The summed E-state index contributed by atoms with van der Waals surface area (Å²) in [5, 5.41) is 12.1. The molecule has 2 amide bonds. The molecule has 1 unspecified atom stereocenters. The molecular weight excluding hydrogens is 432 g/mol. The predicted octanol–water partition coefficient (Wildman–Crippen LogP) is 4.41. The first kappa shape index (κ1) is 23.8. The normalized spacial score (nSPS) is 16.2. The number of rotatable bonds is 10. The van der Waals surface area contributed by atoms with E-state index in [1.165, 1.54) is 4.90 Å². The van der Waals surface area contributed by atoms with E-state index in [4.69, 9.17) is 9.84 Å². The van der Waals surface area contributed by atoms with Gasteiger partial charge in [0.1, 0.15) is 13.2 Å². The third kappa shape index (κ3) is 5.08.